The van der Waals surface area contributed by atoms with E-state index < -0.39 is 0 Å². The molecular formula is C32H40FN5O2S2. The van der Waals surface area contributed by atoms with E-state index in [1.54, 1.807) is 28.5 Å². The van der Waals surface area contributed by atoms with E-state index in [-0.39, 0.29) is 22.8 Å². The molecular weight excluding hydrogens is 570 g/mol. The van der Waals surface area contributed by atoms with Crippen LogP contribution in [0.15, 0.2) is 34.0 Å². The summed E-state index contributed by atoms with van der Waals surface area (Å²) in [5.41, 5.74) is 2.07. The first-order valence-electron chi connectivity index (χ1n) is 15.0. The van der Waals surface area contributed by atoms with Crippen LogP contribution in [0.5, 0.6) is 0 Å². The predicted molar refractivity (Wildman–Crippen MR) is 175 cm³/mol. The number of rotatable bonds is 12. The highest BCUT2D eigenvalue weighted by molar-refractivity contribution is 8.26. The zero-order chi connectivity index (χ0) is 30.2. The molecule has 0 saturated carbocycles. The third kappa shape index (κ3) is 7.07. The minimum atomic E-state index is -0.295. The van der Waals surface area contributed by atoms with Crippen LogP contribution in [-0.2, 0) is 11.3 Å². The van der Waals surface area contributed by atoms with Gasteiger partial charge in [0.2, 0.25) is 0 Å². The largest absolute Gasteiger partial charge is 0.368 e. The lowest BCUT2D eigenvalue weighted by Gasteiger charge is -2.39. The fraction of sp³-hybridized carbons (Fsp3) is 0.500. The Morgan fingerprint density at radius 2 is 1.60 bits per heavy atom. The predicted octanol–water partition coefficient (Wildman–Crippen LogP) is 6.47. The van der Waals surface area contributed by atoms with Crippen molar-refractivity contribution in [3.05, 3.63) is 62.0 Å². The molecule has 0 radical (unpaired) electrons. The van der Waals surface area contributed by atoms with E-state index >= 15 is 0 Å². The first kappa shape index (κ1) is 31.8. The van der Waals surface area contributed by atoms with Crippen LogP contribution >= 0.6 is 24.0 Å². The summed E-state index contributed by atoms with van der Waals surface area (Å²) in [6.45, 7) is 9.76. The second kappa shape index (κ2) is 14.8. The Bertz CT molecular complexity index is 1420. The Morgan fingerprint density at radius 3 is 2.24 bits per heavy atom. The molecule has 2 saturated heterocycles. The second-order valence-corrected chi connectivity index (χ2v) is 12.5. The lowest BCUT2D eigenvalue weighted by atomic mass is 10.0. The summed E-state index contributed by atoms with van der Waals surface area (Å²) < 4.78 is 15.8. The van der Waals surface area contributed by atoms with Crippen molar-refractivity contribution < 1.29 is 9.18 Å². The Morgan fingerprint density at radius 1 is 0.952 bits per heavy atom. The zero-order valence-electron chi connectivity index (χ0n) is 24.8. The number of amides is 1. The molecule has 0 spiro atoms. The molecule has 10 heteroatoms. The van der Waals surface area contributed by atoms with Gasteiger partial charge in [0.25, 0.3) is 11.5 Å². The molecule has 2 aromatic rings. The number of carbonyl (C=O) groups excluding carboxylic acids is 1. The van der Waals surface area contributed by atoms with E-state index in [4.69, 9.17) is 12.2 Å². The summed E-state index contributed by atoms with van der Waals surface area (Å²) in [5, 5.41) is 9.98. The van der Waals surface area contributed by atoms with Gasteiger partial charge in [-0.2, -0.15) is 5.26 Å². The fourth-order valence-corrected chi connectivity index (χ4v) is 6.82. The molecule has 4 rings (SSSR count). The van der Waals surface area contributed by atoms with E-state index in [1.807, 2.05) is 6.08 Å². The molecule has 2 aliphatic rings. The molecule has 1 amide bonds. The monoisotopic (exact) mass is 609 g/mol. The molecule has 224 valence electrons. The van der Waals surface area contributed by atoms with Gasteiger partial charge >= 0.3 is 0 Å². The molecule has 2 fully saturated rings. The van der Waals surface area contributed by atoms with E-state index in [2.05, 4.69) is 29.7 Å². The fourth-order valence-electron chi connectivity index (χ4n) is 5.53. The maximum absolute atomic E-state index is 13.6. The van der Waals surface area contributed by atoms with Gasteiger partial charge in [-0.05, 0) is 55.7 Å². The molecule has 0 N–H and O–H groups in total. The Kier molecular flexibility index (Phi) is 11.2. The molecule has 42 heavy (non-hydrogen) atoms. The van der Waals surface area contributed by atoms with Gasteiger partial charge in [0.1, 0.15) is 27.6 Å². The second-order valence-electron chi connectivity index (χ2n) is 10.9. The third-order valence-electron chi connectivity index (χ3n) is 7.99. The van der Waals surface area contributed by atoms with Crippen LogP contribution in [0.1, 0.15) is 75.5 Å². The summed E-state index contributed by atoms with van der Waals surface area (Å²) in [5.74, 6) is 0.363. The number of benzene rings is 1. The number of hydrogen-bond acceptors (Lipinski definition) is 7. The number of carbonyl (C=O) groups is 1. The SMILES string of the molecule is CCCCCCCN1C(=O)/C(=C\c2c(C)c(C#N)c(=O)n(CCCC)c2N2CCN(c3ccc(F)cc3)CC2)SC1=S. The van der Waals surface area contributed by atoms with Gasteiger partial charge in [-0.1, -0.05) is 69.9 Å². The average Bonchev–Trinajstić information content (AvgIpc) is 3.26. The molecule has 7 nitrogen and oxygen atoms in total. The maximum atomic E-state index is 13.6. The van der Waals surface area contributed by atoms with Crippen molar-refractivity contribution in [2.75, 3.05) is 42.5 Å². The van der Waals surface area contributed by atoms with Gasteiger partial charge in [0.15, 0.2) is 0 Å². The number of piperazine rings is 1. The summed E-state index contributed by atoms with van der Waals surface area (Å²) in [7, 11) is 0. The van der Waals surface area contributed by atoms with Gasteiger partial charge in [-0.3, -0.25) is 19.1 Å². The molecule has 1 aromatic carbocycles. The standard InChI is InChI=1S/C32H40FN5O2S2/c1-4-6-8-9-10-16-38-31(40)28(42-32(38)41)21-26-23(3)27(22-34)30(39)37(15-7-5-2)29(26)36-19-17-35(18-20-36)25-13-11-24(33)12-14-25/h11-14,21H,4-10,15-20H2,1-3H3/b28-21+. The number of thiocarbonyl (C=S) groups is 1. The smallest absolute Gasteiger partial charge is 0.270 e. The lowest BCUT2D eigenvalue weighted by Crippen LogP contribution is -2.48. The van der Waals surface area contributed by atoms with Gasteiger partial charge in [0.05, 0.1) is 4.91 Å². The number of nitriles is 1. The van der Waals surface area contributed by atoms with Gasteiger partial charge in [0, 0.05) is 50.5 Å². The van der Waals surface area contributed by atoms with Crippen LogP contribution in [0.2, 0.25) is 0 Å². The van der Waals surface area contributed by atoms with Gasteiger partial charge in [-0.25, -0.2) is 4.39 Å². The maximum Gasteiger partial charge on any atom is 0.270 e. The van der Waals surface area contributed by atoms with Crippen molar-refractivity contribution in [3.63, 3.8) is 0 Å². The number of thioether (sulfide) groups is 1. The molecule has 3 heterocycles. The van der Waals surface area contributed by atoms with E-state index in [9.17, 15) is 19.2 Å². The quantitative estimate of drug-likeness (QED) is 0.155. The zero-order valence-corrected chi connectivity index (χ0v) is 26.5. The first-order valence-corrected chi connectivity index (χ1v) is 16.2. The van der Waals surface area contributed by atoms with Crippen LogP contribution in [0, 0.1) is 24.1 Å². The number of anilines is 2. The minimum Gasteiger partial charge on any atom is -0.368 e. The number of unbranched alkanes of at least 4 members (excludes halogenated alkanes) is 5. The summed E-state index contributed by atoms with van der Waals surface area (Å²) >= 11 is 6.89. The van der Waals surface area contributed by atoms with Crippen LogP contribution < -0.4 is 15.4 Å². The Labute approximate surface area is 258 Å². The van der Waals surface area contributed by atoms with Gasteiger partial charge in [-0.15, -0.1) is 0 Å². The molecule has 2 aliphatic heterocycles. The van der Waals surface area contributed by atoms with Crippen LogP contribution in [0.3, 0.4) is 0 Å². The molecule has 0 unspecified atom stereocenters. The van der Waals surface area contributed by atoms with Crippen molar-refractivity contribution in [1.82, 2.24) is 9.47 Å². The van der Waals surface area contributed by atoms with E-state index in [1.165, 1.54) is 30.3 Å². The van der Waals surface area contributed by atoms with E-state index in [0.717, 1.165) is 55.6 Å². The van der Waals surface area contributed by atoms with Crippen LogP contribution in [0.25, 0.3) is 6.08 Å². The summed E-state index contributed by atoms with van der Waals surface area (Å²) in [6, 6.07) is 8.63. The average molecular weight is 610 g/mol. The Balaban J connectivity index is 1.69. The van der Waals surface area contributed by atoms with E-state index in [0.29, 0.717) is 54.1 Å². The number of pyridine rings is 1. The van der Waals surface area contributed by atoms with Crippen molar-refractivity contribution >= 4 is 51.8 Å². The molecule has 0 bridgehead atoms. The lowest BCUT2D eigenvalue weighted by molar-refractivity contribution is -0.122. The topological polar surface area (TPSA) is 72.6 Å². The third-order valence-corrected chi connectivity index (χ3v) is 9.36. The summed E-state index contributed by atoms with van der Waals surface area (Å²) in [6.07, 6.45) is 8.99. The first-order chi connectivity index (χ1) is 20.3. The highest BCUT2D eigenvalue weighted by Gasteiger charge is 2.33. The van der Waals surface area contributed by atoms with Crippen molar-refractivity contribution in [1.29, 1.82) is 5.26 Å². The Hall–Kier alpha value is -3.16. The number of hydrogen-bond donors (Lipinski definition) is 0. The van der Waals surface area contributed by atoms with Crippen LogP contribution in [-0.4, -0.2) is 52.4 Å². The number of nitrogens with zero attached hydrogens (tertiary/aromatic N) is 5. The van der Waals surface area contributed by atoms with Crippen molar-refractivity contribution in [2.45, 2.75) is 72.3 Å². The number of halogens is 1. The molecule has 1 aromatic heterocycles. The minimum absolute atomic E-state index is 0.109. The molecule has 0 atom stereocenters. The van der Waals surface area contributed by atoms with Crippen molar-refractivity contribution in [3.8, 4) is 6.07 Å². The molecule has 0 aliphatic carbocycles. The van der Waals surface area contributed by atoms with Gasteiger partial charge < -0.3 is 9.80 Å². The normalized spacial score (nSPS) is 16.5. The highest BCUT2D eigenvalue weighted by Crippen LogP contribution is 2.36. The van der Waals surface area contributed by atoms with Crippen LogP contribution in [0.4, 0.5) is 15.9 Å². The summed E-state index contributed by atoms with van der Waals surface area (Å²) in [4.78, 5) is 33.7. The van der Waals surface area contributed by atoms with Crippen molar-refractivity contribution in [2.24, 2.45) is 0 Å². The highest BCUT2D eigenvalue weighted by atomic mass is 32.2. The number of aromatic nitrogens is 1.